The van der Waals surface area contributed by atoms with Crippen molar-refractivity contribution in [1.82, 2.24) is 4.98 Å². The number of anilines is 1. The minimum Gasteiger partial charge on any atom is -0.338 e. The summed E-state index contributed by atoms with van der Waals surface area (Å²) in [6.07, 6.45) is 6.83. The Bertz CT molecular complexity index is 1040. The molecule has 1 saturated carbocycles. The maximum Gasteiger partial charge on any atom is 0.289 e. The van der Waals surface area contributed by atoms with Crippen molar-refractivity contribution in [1.29, 1.82) is 0 Å². The molecule has 7 nitrogen and oxygen atoms in total. The van der Waals surface area contributed by atoms with E-state index in [-0.39, 0.29) is 15.9 Å². The predicted molar refractivity (Wildman–Crippen MR) is 99.2 cm³/mol. The van der Waals surface area contributed by atoms with Crippen LogP contribution in [-0.2, 0) is 29.9 Å². The molecule has 146 valence electrons. The van der Waals surface area contributed by atoms with Crippen molar-refractivity contribution in [3.8, 4) is 0 Å². The van der Waals surface area contributed by atoms with E-state index in [0.717, 1.165) is 12.8 Å². The first kappa shape index (κ1) is 17.8. The summed E-state index contributed by atoms with van der Waals surface area (Å²) in [5.74, 6) is -1.32. The molecule has 1 amide bonds. The van der Waals surface area contributed by atoms with Gasteiger partial charge < -0.3 is 14.8 Å². The second-order valence-corrected chi connectivity index (χ2v) is 9.47. The van der Waals surface area contributed by atoms with E-state index in [1.807, 2.05) is 0 Å². The molecule has 1 N–H and O–H groups in total. The van der Waals surface area contributed by atoms with E-state index in [2.05, 4.69) is 10.3 Å². The molecule has 5 rings (SSSR count). The molecule has 2 aromatic rings. The number of nitrogens with one attached hydrogen (secondary N) is 1. The molecule has 1 aromatic heterocycles. The van der Waals surface area contributed by atoms with E-state index in [4.69, 9.17) is 9.47 Å². The van der Waals surface area contributed by atoms with E-state index < -0.39 is 21.5 Å². The number of hydrogen-bond acceptors (Lipinski definition) is 6. The van der Waals surface area contributed by atoms with Crippen LogP contribution in [0.15, 0.2) is 52.5 Å². The van der Waals surface area contributed by atoms with Crippen molar-refractivity contribution in [2.24, 2.45) is 5.92 Å². The van der Waals surface area contributed by atoms with Gasteiger partial charge in [-0.15, -0.1) is 0 Å². The summed E-state index contributed by atoms with van der Waals surface area (Å²) in [6.45, 7) is 0.394. The predicted octanol–water partition coefficient (Wildman–Crippen LogP) is 2.62. The quantitative estimate of drug-likeness (QED) is 0.848. The van der Waals surface area contributed by atoms with E-state index in [1.165, 1.54) is 49.5 Å². The summed E-state index contributed by atoms with van der Waals surface area (Å²) < 4.78 is 38.0. The highest BCUT2D eigenvalue weighted by molar-refractivity contribution is 7.91. The lowest BCUT2D eigenvalue weighted by molar-refractivity contribution is -0.281. The molecule has 2 aliphatic heterocycles. The van der Waals surface area contributed by atoms with Crippen LogP contribution in [0.5, 0.6) is 0 Å². The third-order valence-electron chi connectivity index (χ3n) is 5.53. The minimum atomic E-state index is -3.75. The molecule has 28 heavy (non-hydrogen) atoms. The maximum atomic E-state index is 13.0. The third kappa shape index (κ3) is 2.83. The van der Waals surface area contributed by atoms with Crippen LogP contribution in [0.3, 0.4) is 0 Å². The average Bonchev–Trinajstić information content (AvgIpc) is 3.48. The number of hydrogen-bond donors (Lipinski definition) is 1. The number of aromatic nitrogens is 1. The van der Waals surface area contributed by atoms with Crippen LogP contribution in [0.1, 0.15) is 31.2 Å². The highest BCUT2D eigenvalue weighted by Gasteiger charge is 2.53. The van der Waals surface area contributed by atoms with Gasteiger partial charge in [-0.1, -0.05) is 12.8 Å². The molecule has 2 atom stereocenters. The Morgan fingerprint density at radius 2 is 1.89 bits per heavy atom. The Morgan fingerprint density at radius 1 is 1.11 bits per heavy atom. The molecular weight excluding hydrogens is 380 g/mol. The number of fused-ring (bicyclic) bond motifs is 2. The molecule has 1 aromatic carbocycles. The Balaban J connectivity index is 1.54. The van der Waals surface area contributed by atoms with Crippen LogP contribution >= 0.6 is 0 Å². The van der Waals surface area contributed by atoms with Gasteiger partial charge in [-0.25, -0.2) is 8.42 Å². The fourth-order valence-corrected chi connectivity index (χ4v) is 5.14. The van der Waals surface area contributed by atoms with Gasteiger partial charge in [0, 0.05) is 18.0 Å². The number of amides is 1. The fraction of sp³-hybridized carbons (Fsp3) is 0.400. The van der Waals surface area contributed by atoms with Crippen molar-refractivity contribution in [3.05, 3.63) is 48.3 Å². The first-order chi connectivity index (χ1) is 13.5. The topological polar surface area (TPSA) is 94.6 Å². The summed E-state index contributed by atoms with van der Waals surface area (Å²) in [5, 5.41) is 2.77. The van der Waals surface area contributed by atoms with Gasteiger partial charge in [0.1, 0.15) is 0 Å². The average molecular weight is 400 g/mol. The number of ether oxygens (including phenoxy) is 2. The lowest BCUT2D eigenvalue weighted by Crippen LogP contribution is -2.47. The second kappa shape index (κ2) is 6.37. The number of nitrogens with zero attached hydrogens (tertiary/aromatic N) is 1. The second-order valence-electron chi connectivity index (χ2n) is 7.52. The molecular formula is C20H20N2O5S. The van der Waals surface area contributed by atoms with E-state index >= 15 is 0 Å². The molecule has 1 aliphatic carbocycles. The zero-order valence-electron chi connectivity index (χ0n) is 15.1. The van der Waals surface area contributed by atoms with Gasteiger partial charge in [0.2, 0.25) is 9.84 Å². The highest BCUT2D eigenvalue weighted by atomic mass is 32.2. The zero-order chi connectivity index (χ0) is 19.4. The van der Waals surface area contributed by atoms with Crippen molar-refractivity contribution < 1.29 is 22.7 Å². The number of sulfone groups is 1. The first-order valence-electron chi connectivity index (χ1n) is 9.42. The SMILES string of the molecule is O=C1Nc2ccc(S(=O)(=O)c3ccncc3)cc2C12OCCC(CC1CC1)O2. The number of pyridine rings is 1. The molecule has 3 heterocycles. The maximum absolute atomic E-state index is 13.0. The standard InChI is InChI=1S/C20H20N2O5S/c23-19-20(26-10-7-14(27-20)11-13-1-2-13)17-12-16(3-4-18(17)22-19)28(24,25)15-5-8-21-9-6-15/h3-6,8-9,12-14H,1-2,7,10-11H2,(H,22,23). The van der Waals surface area contributed by atoms with Gasteiger partial charge in [-0.3, -0.25) is 9.78 Å². The van der Waals surface area contributed by atoms with E-state index in [9.17, 15) is 13.2 Å². The minimum absolute atomic E-state index is 0.0709. The van der Waals surface area contributed by atoms with Gasteiger partial charge in [0.05, 0.1) is 28.2 Å². The number of carbonyl (C=O) groups excluding carboxylic acids is 1. The van der Waals surface area contributed by atoms with Crippen LogP contribution in [0.2, 0.25) is 0 Å². The summed E-state index contributed by atoms with van der Waals surface area (Å²) in [4.78, 5) is 16.9. The first-order valence-corrected chi connectivity index (χ1v) is 10.9. The van der Waals surface area contributed by atoms with Gasteiger partial charge in [-0.2, -0.15) is 0 Å². The van der Waals surface area contributed by atoms with Gasteiger partial charge in [-0.05, 0) is 49.1 Å². The summed E-state index contributed by atoms with van der Waals surface area (Å²) >= 11 is 0. The molecule has 2 fully saturated rings. The number of carbonyl (C=O) groups is 1. The third-order valence-corrected chi connectivity index (χ3v) is 7.30. The smallest absolute Gasteiger partial charge is 0.289 e. The van der Waals surface area contributed by atoms with Gasteiger partial charge in [0.25, 0.3) is 11.7 Å². The number of benzene rings is 1. The molecule has 8 heteroatoms. The van der Waals surface area contributed by atoms with E-state index in [0.29, 0.717) is 23.8 Å². The van der Waals surface area contributed by atoms with Crippen LogP contribution in [0, 0.1) is 5.92 Å². The lowest BCUT2D eigenvalue weighted by atomic mass is 10.0. The molecule has 0 bridgehead atoms. The lowest BCUT2D eigenvalue weighted by Gasteiger charge is -2.37. The molecule has 2 unspecified atom stereocenters. The summed E-state index contributed by atoms with van der Waals surface area (Å²) in [6, 6.07) is 7.45. The van der Waals surface area contributed by atoms with Crippen LogP contribution in [-0.4, -0.2) is 32.0 Å². The molecule has 1 saturated heterocycles. The van der Waals surface area contributed by atoms with Crippen LogP contribution < -0.4 is 5.32 Å². The normalized spacial score (nSPS) is 26.9. The van der Waals surface area contributed by atoms with Crippen molar-refractivity contribution in [2.75, 3.05) is 11.9 Å². The largest absolute Gasteiger partial charge is 0.338 e. The fourth-order valence-electron chi connectivity index (χ4n) is 3.87. The summed E-state index contributed by atoms with van der Waals surface area (Å²) in [5.41, 5.74) is 0.943. The summed E-state index contributed by atoms with van der Waals surface area (Å²) in [7, 11) is -3.75. The molecule has 3 aliphatic rings. The Labute approximate surface area is 163 Å². The molecule has 0 radical (unpaired) electrons. The van der Waals surface area contributed by atoms with Crippen molar-refractivity contribution in [3.63, 3.8) is 0 Å². The van der Waals surface area contributed by atoms with Gasteiger partial charge in [0.15, 0.2) is 0 Å². The monoisotopic (exact) mass is 400 g/mol. The van der Waals surface area contributed by atoms with Gasteiger partial charge >= 0.3 is 0 Å². The van der Waals surface area contributed by atoms with Crippen molar-refractivity contribution >= 4 is 21.4 Å². The van der Waals surface area contributed by atoms with E-state index in [1.54, 1.807) is 6.07 Å². The number of rotatable bonds is 4. The van der Waals surface area contributed by atoms with Crippen molar-refractivity contribution in [2.45, 2.75) is 47.4 Å². The zero-order valence-corrected chi connectivity index (χ0v) is 15.9. The Morgan fingerprint density at radius 3 is 2.64 bits per heavy atom. The highest BCUT2D eigenvalue weighted by Crippen LogP contribution is 2.46. The Kier molecular flexibility index (Phi) is 4.04. The Hall–Kier alpha value is -2.29. The van der Waals surface area contributed by atoms with Crippen LogP contribution in [0.4, 0.5) is 5.69 Å². The van der Waals surface area contributed by atoms with Crippen LogP contribution in [0.25, 0.3) is 0 Å². The molecule has 1 spiro atoms.